The van der Waals surface area contributed by atoms with Crippen molar-refractivity contribution in [1.82, 2.24) is 4.98 Å². The molecule has 0 aromatic carbocycles. The third-order valence-corrected chi connectivity index (χ3v) is 1.97. The Bertz CT molecular complexity index is 194. The quantitative estimate of drug-likeness (QED) is 0.592. The summed E-state index contributed by atoms with van der Waals surface area (Å²) in [6.45, 7) is 3.55. The molecule has 0 amide bonds. The van der Waals surface area contributed by atoms with Gasteiger partial charge in [0.2, 0.25) is 0 Å². The van der Waals surface area contributed by atoms with Crippen LogP contribution in [-0.2, 0) is 0 Å². The van der Waals surface area contributed by atoms with Gasteiger partial charge in [-0.2, -0.15) is 0 Å². The summed E-state index contributed by atoms with van der Waals surface area (Å²) in [5.74, 6) is 0. The van der Waals surface area contributed by atoms with E-state index in [1.165, 1.54) is 11.3 Å². The first kappa shape index (κ1) is 5.79. The Balaban J connectivity index is 3.09. The highest BCUT2D eigenvalue weighted by atomic mass is 35.5. The number of nitrogens with zero attached hydrogens (tertiary/aromatic N) is 1. The predicted molar refractivity (Wildman–Crippen MR) is 37.2 cm³/mol. The Kier molecular flexibility index (Phi) is 1.65. The molecule has 0 fully saturated rings. The van der Waals surface area contributed by atoms with E-state index in [0.29, 0.717) is 5.15 Å². The van der Waals surface area contributed by atoms with Crippen LogP contribution in [0.1, 0.15) is 4.88 Å². The molecule has 0 unspecified atom stereocenters. The molecular weight excluding hydrogens is 142 g/mol. The number of thiazole rings is 1. The fraction of sp³-hybridized carbons (Fsp3) is 0. The topological polar surface area (TPSA) is 12.9 Å². The van der Waals surface area contributed by atoms with Crippen LogP contribution in [0, 0.1) is 0 Å². The molecule has 0 aliphatic heterocycles. The molecule has 1 heterocycles. The number of halogens is 1. The van der Waals surface area contributed by atoms with Crippen molar-refractivity contribution in [3.05, 3.63) is 22.1 Å². The predicted octanol–water partition coefficient (Wildman–Crippen LogP) is 2.44. The van der Waals surface area contributed by atoms with Crippen LogP contribution in [-0.4, -0.2) is 4.98 Å². The summed E-state index contributed by atoms with van der Waals surface area (Å²) in [6, 6.07) is 0. The van der Waals surface area contributed by atoms with E-state index in [1.54, 1.807) is 11.6 Å². The van der Waals surface area contributed by atoms with Gasteiger partial charge < -0.3 is 0 Å². The van der Waals surface area contributed by atoms with Crippen molar-refractivity contribution in [3.63, 3.8) is 0 Å². The SMILES string of the molecule is C=Cc1scnc1Cl. The van der Waals surface area contributed by atoms with Gasteiger partial charge in [-0.15, -0.1) is 11.3 Å². The summed E-state index contributed by atoms with van der Waals surface area (Å²) < 4.78 is 0. The van der Waals surface area contributed by atoms with E-state index < -0.39 is 0 Å². The highest BCUT2D eigenvalue weighted by molar-refractivity contribution is 7.11. The van der Waals surface area contributed by atoms with Crippen LogP contribution in [0.15, 0.2) is 12.1 Å². The fourth-order valence-electron chi connectivity index (χ4n) is 0.374. The van der Waals surface area contributed by atoms with E-state index in [2.05, 4.69) is 11.6 Å². The largest absolute Gasteiger partial charge is 0.232 e. The summed E-state index contributed by atoms with van der Waals surface area (Å²) in [6.07, 6.45) is 1.69. The standard InChI is InChI=1S/C5H4ClNS/c1-2-4-5(6)7-3-8-4/h2-3H,1H2. The molecule has 0 bridgehead atoms. The van der Waals surface area contributed by atoms with E-state index in [4.69, 9.17) is 11.6 Å². The van der Waals surface area contributed by atoms with Gasteiger partial charge in [0.1, 0.15) is 5.15 Å². The number of hydrogen-bond donors (Lipinski definition) is 0. The van der Waals surface area contributed by atoms with Crippen molar-refractivity contribution in [1.29, 1.82) is 0 Å². The maximum Gasteiger partial charge on any atom is 0.147 e. The zero-order chi connectivity index (χ0) is 5.98. The molecule has 0 spiro atoms. The summed E-state index contributed by atoms with van der Waals surface area (Å²) in [4.78, 5) is 4.74. The Morgan fingerprint density at radius 2 is 2.62 bits per heavy atom. The van der Waals surface area contributed by atoms with Gasteiger partial charge in [0.05, 0.1) is 10.4 Å². The van der Waals surface area contributed by atoms with Crippen LogP contribution in [0.5, 0.6) is 0 Å². The van der Waals surface area contributed by atoms with Crippen LogP contribution < -0.4 is 0 Å². The highest BCUT2D eigenvalue weighted by Crippen LogP contribution is 2.18. The molecule has 8 heavy (non-hydrogen) atoms. The molecule has 1 rings (SSSR count). The minimum absolute atomic E-state index is 0.546. The average Bonchev–Trinajstić information content (AvgIpc) is 2.14. The average molecular weight is 146 g/mol. The summed E-state index contributed by atoms with van der Waals surface area (Å²) in [7, 11) is 0. The van der Waals surface area contributed by atoms with Crippen LogP contribution in [0.25, 0.3) is 6.08 Å². The molecule has 1 aromatic heterocycles. The van der Waals surface area contributed by atoms with E-state index in [0.717, 1.165) is 4.88 Å². The van der Waals surface area contributed by atoms with Gasteiger partial charge in [-0.05, 0) is 6.08 Å². The second-order valence-corrected chi connectivity index (χ2v) is 2.46. The fourth-order valence-corrected chi connectivity index (χ4v) is 1.21. The lowest BCUT2D eigenvalue weighted by atomic mass is 10.5. The van der Waals surface area contributed by atoms with E-state index in [1.807, 2.05) is 0 Å². The van der Waals surface area contributed by atoms with Gasteiger partial charge >= 0.3 is 0 Å². The van der Waals surface area contributed by atoms with Gasteiger partial charge in [0.25, 0.3) is 0 Å². The third-order valence-electron chi connectivity index (χ3n) is 0.734. The normalized spacial score (nSPS) is 9.12. The first-order valence-corrected chi connectivity index (χ1v) is 3.32. The minimum atomic E-state index is 0.546. The number of rotatable bonds is 1. The molecule has 1 nitrogen and oxygen atoms in total. The van der Waals surface area contributed by atoms with Crippen LogP contribution in [0.2, 0.25) is 5.15 Å². The zero-order valence-corrected chi connectivity index (χ0v) is 5.67. The van der Waals surface area contributed by atoms with E-state index in [-0.39, 0.29) is 0 Å². The maximum absolute atomic E-state index is 5.57. The second-order valence-electron chi connectivity index (χ2n) is 1.21. The second kappa shape index (κ2) is 2.29. The lowest BCUT2D eigenvalue weighted by Crippen LogP contribution is -1.60. The summed E-state index contributed by atoms with van der Waals surface area (Å²) >= 11 is 7.06. The van der Waals surface area contributed by atoms with Crippen molar-refractivity contribution in [2.45, 2.75) is 0 Å². The lowest BCUT2D eigenvalue weighted by molar-refractivity contribution is 1.42. The number of aromatic nitrogens is 1. The molecule has 0 aliphatic carbocycles. The molecule has 0 saturated heterocycles. The van der Waals surface area contributed by atoms with Gasteiger partial charge in [0.15, 0.2) is 0 Å². The van der Waals surface area contributed by atoms with Gasteiger partial charge in [-0.1, -0.05) is 18.2 Å². The van der Waals surface area contributed by atoms with Crippen molar-refractivity contribution in [3.8, 4) is 0 Å². The lowest BCUT2D eigenvalue weighted by Gasteiger charge is -1.77. The molecule has 0 atom stereocenters. The van der Waals surface area contributed by atoms with Gasteiger partial charge in [0, 0.05) is 0 Å². The van der Waals surface area contributed by atoms with Gasteiger partial charge in [-0.3, -0.25) is 0 Å². The maximum atomic E-state index is 5.57. The number of hydrogen-bond acceptors (Lipinski definition) is 2. The first-order chi connectivity index (χ1) is 3.84. The van der Waals surface area contributed by atoms with Crippen molar-refractivity contribution in [2.24, 2.45) is 0 Å². The van der Waals surface area contributed by atoms with Crippen LogP contribution in [0.4, 0.5) is 0 Å². The molecule has 0 saturated carbocycles. The minimum Gasteiger partial charge on any atom is -0.232 e. The molecule has 1 aromatic rings. The highest BCUT2D eigenvalue weighted by Gasteiger charge is 1.94. The Morgan fingerprint density at radius 3 is 2.88 bits per heavy atom. The Hall–Kier alpha value is -0.340. The summed E-state index contributed by atoms with van der Waals surface area (Å²) in [5.41, 5.74) is 1.69. The Labute approximate surface area is 56.6 Å². The van der Waals surface area contributed by atoms with Crippen molar-refractivity contribution < 1.29 is 0 Å². The molecule has 0 N–H and O–H groups in total. The zero-order valence-electron chi connectivity index (χ0n) is 4.10. The van der Waals surface area contributed by atoms with Crippen LogP contribution in [0.3, 0.4) is 0 Å². The van der Waals surface area contributed by atoms with Crippen molar-refractivity contribution in [2.75, 3.05) is 0 Å². The monoisotopic (exact) mass is 145 g/mol. The Morgan fingerprint density at radius 1 is 1.88 bits per heavy atom. The molecule has 0 aliphatic rings. The third kappa shape index (κ3) is 0.904. The van der Waals surface area contributed by atoms with Gasteiger partial charge in [-0.25, -0.2) is 4.98 Å². The smallest absolute Gasteiger partial charge is 0.147 e. The molecule has 3 heteroatoms. The van der Waals surface area contributed by atoms with Crippen molar-refractivity contribution >= 4 is 29.0 Å². The van der Waals surface area contributed by atoms with Crippen LogP contribution >= 0.6 is 22.9 Å². The molecule has 42 valence electrons. The van der Waals surface area contributed by atoms with E-state index >= 15 is 0 Å². The summed E-state index contributed by atoms with van der Waals surface area (Å²) in [5, 5.41) is 0.546. The molecular formula is C5H4ClNS. The van der Waals surface area contributed by atoms with E-state index in [9.17, 15) is 0 Å². The molecule has 0 radical (unpaired) electrons. The first-order valence-electron chi connectivity index (χ1n) is 2.06.